The van der Waals surface area contributed by atoms with Gasteiger partial charge in [0, 0.05) is 18.8 Å². The first-order chi connectivity index (χ1) is 14.0. The smallest absolute Gasteiger partial charge is 0.270 e. The Labute approximate surface area is 177 Å². The van der Waals surface area contributed by atoms with Crippen LogP contribution in [0.25, 0.3) is 6.08 Å². The van der Waals surface area contributed by atoms with E-state index in [0.29, 0.717) is 5.69 Å². The van der Waals surface area contributed by atoms with E-state index in [0.717, 1.165) is 36.3 Å². The average Bonchev–Trinajstić information content (AvgIpc) is 2.73. The van der Waals surface area contributed by atoms with Crippen molar-refractivity contribution in [3.63, 3.8) is 0 Å². The molecule has 1 fully saturated rings. The summed E-state index contributed by atoms with van der Waals surface area (Å²) in [5.74, 6) is -0.898. The van der Waals surface area contributed by atoms with Crippen LogP contribution < -0.4 is 15.1 Å². The topological polar surface area (TPSA) is 52.7 Å². The molecule has 0 aliphatic carbocycles. The predicted octanol–water partition coefficient (Wildman–Crippen LogP) is 3.93. The normalized spacial score (nSPS) is 15.6. The number of nitrogens with one attached hydrogen (secondary N) is 1. The zero-order valence-electron chi connectivity index (χ0n) is 16.9. The maximum atomic E-state index is 13.1. The molecule has 1 heterocycles. The molecule has 5 nitrogen and oxygen atoms in total. The fraction of sp³-hybridized carbons (Fsp3) is 0.261. The fourth-order valence-electron chi connectivity index (χ4n) is 3.31. The van der Waals surface area contributed by atoms with E-state index in [1.165, 1.54) is 4.90 Å². The molecule has 2 aromatic carbocycles. The number of amides is 2. The number of carbonyl (C=O) groups is 2. The van der Waals surface area contributed by atoms with Gasteiger partial charge in [-0.2, -0.15) is 0 Å². The summed E-state index contributed by atoms with van der Waals surface area (Å²) in [5.41, 5.74) is 3.76. The van der Waals surface area contributed by atoms with E-state index >= 15 is 0 Å². The van der Waals surface area contributed by atoms with Crippen LogP contribution in [0.2, 0.25) is 0 Å². The van der Waals surface area contributed by atoms with Gasteiger partial charge < -0.3 is 4.90 Å². The maximum absolute atomic E-state index is 13.1. The second kappa shape index (κ2) is 9.01. The number of hydrogen-bond donors (Lipinski definition) is 1. The van der Waals surface area contributed by atoms with Gasteiger partial charge in [0.05, 0.1) is 5.69 Å². The number of nitrogens with zero attached hydrogens (tertiary/aromatic N) is 2. The molecule has 3 rings (SSSR count). The highest BCUT2D eigenvalue weighted by atomic mass is 32.1. The molecule has 1 saturated heterocycles. The van der Waals surface area contributed by atoms with Crippen LogP contribution in [0.3, 0.4) is 0 Å². The van der Waals surface area contributed by atoms with E-state index in [9.17, 15) is 9.59 Å². The van der Waals surface area contributed by atoms with Crippen molar-refractivity contribution in [2.75, 3.05) is 22.9 Å². The van der Waals surface area contributed by atoms with Gasteiger partial charge in [-0.15, -0.1) is 0 Å². The number of benzene rings is 2. The summed E-state index contributed by atoms with van der Waals surface area (Å²) in [7, 11) is 0. The van der Waals surface area contributed by atoms with Crippen molar-refractivity contribution in [3.05, 3.63) is 65.2 Å². The van der Waals surface area contributed by atoms with Crippen LogP contribution in [0.1, 0.15) is 31.9 Å². The van der Waals surface area contributed by atoms with Crippen molar-refractivity contribution >= 4 is 46.6 Å². The maximum Gasteiger partial charge on any atom is 0.270 e. The average molecular weight is 408 g/mol. The molecular weight excluding hydrogens is 382 g/mol. The lowest BCUT2D eigenvalue weighted by molar-refractivity contribution is -0.122. The summed E-state index contributed by atoms with van der Waals surface area (Å²) in [6.07, 6.45) is 2.52. The molecule has 150 valence electrons. The van der Waals surface area contributed by atoms with Crippen LogP contribution in [0.15, 0.2) is 54.1 Å². The lowest BCUT2D eigenvalue weighted by atomic mass is 10.1. The van der Waals surface area contributed by atoms with Crippen LogP contribution in [0.5, 0.6) is 0 Å². The first kappa shape index (κ1) is 20.7. The molecular formula is C23H25N3O2S. The van der Waals surface area contributed by atoms with Crippen molar-refractivity contribution in [1.82, 2.24) is 5.32 Å². The quantitative estimate of drug-likeness (QED) is 0.448. The third-order valence-electron chi connectivity index (χ3n) is 5.04. The highest BCUT2D eigenvalue weighted by Gasteiger charge is 2.34. The molecule has 1 aliphatic rings. The van der Waals surface area contributed by atoms with Crippen molar-refractivity contribution in [2.24, 2.45) is 0 Å². The second-order valence-electron chi connectivity index (χ2n) is 6.74. The first-order valence-electron chi connectivity index (χ1n) is 9.83. The summed E-state index contributed by atoms with van der Waals surface area (Å²) in [6.45, 7) is 8.12. The van der Waals surface area contributed by atoms with Crippen LogP contribution in [0, 0.1) is 0 Å². The van der Waals surface area contributed by atoms with E-state index < -0.39 is 11.8 Å². The van der Waals surface area contributed by atoms with Crippen LogP contribution >= 0.6 is 12.2 Å². The van der Waals surface area contributed by atoms with E-state index in [2.05, 4.69) is 31.0 Å². The van der Waals surface area contributed by atoms with Gasteiger partial charge in [0.1, 0.15) is 5.57 Å². The Morgan fingerprint density at radius 3 is 2.14 bits per heavy atom. The minimum absolute atomic E-state index is 0.0637. The van der Waals surface area contributed by atoms with Gasteiger partial charge in [-0.1, -0.05) is 31.2 Å². The molecule has 2 amide bonds. The molecule has 0 radical (unpaired) electrons. The minimum Gasteiger partial charge on any atom is -0.372 e. The van der Waals surface area contributed by atoms with Crippen molar-refractivity contribution < 1.29 is 9.59 Å². The summed E-state index contributed by atoms with van der Waals surface area (Å²) in [6, 6.07) is 15.4. The molecule has 6 heteroatoms. The number of rotatable bonds is 6. The van der Waals surface area contributed by atoms with E-state index in [-0.39, 0.29) is 10.7 Å². The Morgan fingerprint density at radius 1 is 0.966 bits per heavy atom. The van der Waals surface area contributed by atoms with Crippen LogP contribution in [0.4, 0.5) is 11.4 Å². The third kappa shape index (κ3) is 4.38. The number of thiocarbonyl (C=S) groups is 1. The Morgan fingerprint density at radius 2 is 1.59 bits per heavy atom. The first-order valence-corrected chi connectivity index (χ1v) is 10.2. The second-order valence-corrected chi connectivity index (χ2v) is 7.13. The summed E-state index contributed by atoms with van der Waals surface area (Å²) < 4.78 is 0. The van der Waals surface area contributed by atoms with E-state index in [4.69, 9.17) is 12.2 Å². The lowest BCUT2D eigenvalue weighted by Gasteiger charge is -2.29. The predicted molar refractivity (Wildman–Crippen MR) is 122 cm³/mol. The molecule has 0 atom stereocenters. The molecule has 1 aliphatic heterocycles. The van der Waals surface area contributed by atoms with Gasteiger partial charge in [-0.3, -0.25) is 19.8 Å². The molecule has 0 bridgehead atoms. The monoisotopic (exact) mass is 407 g/mol. The van der Waals surface area contributed by atoms with Crippen molar-refractivity contribution in [3.8, 4) is 0 Å². The van der Waals surface area contributed by atoms with Gasteiger partial charge >= 0.3 is 0 Å². The number of anilines is 2. The van der Waals surface area contributed by atoms with Gasteiger partial charge in [0.2, 0.25) is 0 Å². The Bertz CT molecular complexity index is 945. The van der Waals surface area contributed by atoms with E-state index in [1.807, 2.05) is 48.5 Å². The van der Waals surface area contributed by atoms with Crippen LogP contribution in [-0.2, 0) is 16.0 Å². The summed E-state index contributed by atoms with van der Waals surface area (Å²) in [4.78, 5) is 29.1. The molecule has 2 aromatic rings. The summed E-state index contributed by atoms with van der Waals surface area (Å²) >= 11 is 5.25. The van der Waals surface area contributed by atoms with E-state index in [1.54, 1.807) is 6.08 Å². The molecule has 1 N–H and O–H groups in total. The lowest BCUT2D eigenvalue weighted by Crippen LogP contribution is -2.54. The van der Waals surface area contributed by atoms with Crippen molar-refractivity contribution in [1.29, 1.82) is 0 Å². The van der Waals surface area contributed by atoms with Gasteiger partial charge in [-0.25, -0.2) is 0 Å². The van der Waals surface area contributed by atoms with Gasteiger partial charge in [0.15, 0.2) is 5.11 Å². The third-order valence-corrected chi connectivity index (χ3v) is 5.32. The zero-order valence-corrected chi connectivity index (χ0v) is 17.8. The standard InChI is InChI=1S/C23H25N3O2S/c1-4-16-7-13-19(14-8-16)26-22(28)20(21(27)24-23(26)29)15-17-9-11-18(12-10-17)25(5-2)6-3/h7-15H,4-6H2,1-3H3,(H,24,27,29)/b20-15+. The summed E-state index contributed by atoms with van der Waals surface area (Å²) in [5, 5.41) is 2.72. The molecule has 0 spiro atoms. The van der Waals surface area contributed by atoms with Crippen molar-refractivity contribution in [2.45, 2.75) is 27.2 Å². The molecule has 29 heavy (non-hydrogen) atoms. The molecule has 0 aromatic heterocycles. The molecule has 0 saturated carbocycles. The zero-order chi connectivity index (χ0) is 21.0. The Balaban J connectivity index is 1.90. The fourth-order valence-corrected chi connectivity index (χ4v) is 3.59. The largest absolute Gasteiger partial charge is 0.372 e. The number of hydrogen-bond acceptors (Lipinski definition) is 4. The highest BCUT2D eigenvalue weighted by molar-refractivity contribution is 7.80. The van der Waals surface area contributed by atoms with Gasteiger partial charge in [0.25, 0.3) is 11.8 Å². The Hall–Kier alpha value is -2.99. The van der Waals surface area contributed by atoms with Gasteiger partial charge in [-0.05, 0) is 74.0 Å². The SMILES string of the molecule is CCc1ccc(N2C(=O)/C(=C/c3ccc(N(CC)CC)cc3)C(=O)NC2=S)cc1. The number of carbonyl (C=O) groups excluding carboxylic acids is 2. The van der Waals surface area contributed by atoms with Crippen LogP contribution in [-0.4, -0.2) is 30.0 Å². The number of aryl methyl sites for hydroxylation is 1. The minimum atomic E-state index is -0.478. The Kier molecular flexibility index (Phi) is 6.44. The highest BCUT2D eigenvalue weighted by Crippen LogP contribution is 2.23. The molecule has 0 unspecified atom stereocenters.